The number of nitro benzene ring substituents is 1. The number of rotatable bonds is 7. The van der Waals surface area contributed by atoms with Gasteiger partial charge < -0.3 is 5.32 Å². The molecule has 1 aromatic heterocycles. The van der Waals surface area contributed by atoms with Crippen LogP contribution in [0.2, 0.25) is 0 Å². The Hall–Kier alpha value is -4.48. The third-order valence-corrected chi connectivity index (χ3v) is 6.55. The molecule has 4 rings (SSSR count). The Kier molecular flexibility index (Phi) is 7.42. The number of non-ortho nitro benzene ring substituents is 1. The van der Waals surface area contributed by atoms with Crippen molar-refractivity contribution in [2.75, 3.05) is 11.1 Å². The monoisotopic (exact) mass is 494 g/mol. The SMILES string of the molecule is Cc1ccc(-c2cc(-c3ccccc3)nc(SCC(=O)Nc3cc([N+](=O)[O-])ccc3C)c2C#N)cc1. The minimum absolute atomic E-state index is 0.0185. The Balaban J connectivity index is 1.66. The van der Waals surface area contributed by atoms with Gasteiger partial charge in [-0.2, -0.15) is 5.26 Å². The summed E-state index contributed by atoms with van der Waals surface area (Å²) in [6.45, 7) is 3.76. The van der Waals surface area contributed by atoms with E-state index in [1.807, 2.05) is 67.6 Å². The quantitative estimate of drug-likeness (QED) is 0.177. The van der Waals surface area contributed by atoms with Gasteiger partial charge in [0.1, 0.15) is 11.1 Å². The maximum Gasteiger partial charge on any atom is 0.271 e. The van der Waals surface area contributed by atoms with Crippen molar-refractivity contribution in [3.05, 3.63) is 106 Å². The number of pyridine rings is 1. The number of thioether (sulfide) groups is 1. The highest BCUT2D eigenvalue weighted by atomic mass is 32.2. The summed E-state index contributed by atoms with van der Waals surface area (Å²) in [6, 6.07) is 26.0. The molecule has 1 N–H and O–H groups in total. The van der Waals surface area contributed by atoms with Crippen LogP contribution >= 0.6 is 11.8 Å². The summed E-state index contributed by atoms with van der Waals surface area (Å²) in [7, 11) is 0. The molecule has 3 aromatic carbocycles. The first-order valence-corrected chi connectivity index (χ1v) is 12.1. The van der Waals surface area contributed by atoms with Crippen LogP contribution in [-0.4, -0.2) is 21.6 Å². The van der Waals surface area contributed by atoms with Crippen LogP contribution in [-0.2, 0) is 4.79 Å². The first kappa shape index (κ1) is 24.6. The maximum atomic E-state index is 12.8. The van der Waals surface area contributed by atoms with Gasteiger partial charge in [-0.05, 0) is 31.0 Å². The van der Waals surface area contributed by atoms with E-state index in [0.717, 1.165) is 34.0 Å². The molecule has 178 valence electrons. The van der Waals surface area contributed by atoms with Gasteiger partial charge in [-0.15, -0.1) is 0 Å². The van der Waals surface area contributed by atoms with Crippen molar-refractivity contribution in [3.8, 4) is 28.5 Å². The highest BCUT2D eigenvalue weighted by Crippen LogP contribution is 2.34. The second kappa shape index (κ2) is 10.8. The number of nitrogens with one attached hydrogen (secondary N) is 1. The van der Waals surface area contributed by atoms with E-state index in [2.05, 4.69) is 11.4 Å². The van der Waals surface area contributed by atoms with Gasteiger partial charge in [-0.3, -0.25) is 14.9 Å². The fraction of sp³-hybridized carbons (Fsp3) is 0.107. The highest BCUT2D eigenvalue weighted by molar-refractivity contribution is 8.00. The number of aryl methyl sites for hydroxylation is 2. The van der Waals surface area contributed by atoms with Crippen LogP contribution in [0.25, 0.3) is 22.4 Å². The summed E-state index contributed by atoms with van der Waals surface area (Å²) >= 11 is 1.16. The van der Waals surface area contributed by atoms with E-state index in [-0.39, 0.29) is 17.3 Å². The summed E-state index contributed by atoms with van der Waals surface area (Å²) < 4.78 is 0. The maximum absolute atomic E-state index is 12.8. The van der Waals surface area contributed by atoms with Gasteiger partial charge in [0.2, 0.25) is 5.91 Å². The van der Waals surface area contributed by atoms with E-state index in [4.69, 9.17) is 4.98 Å². The second-order valence-electron chi connectivity index (χ2n) is 8.17. The van der Waals surface area contributed by atoms with Crippen LogP contribution in [0, 0.1) is 35.3 Å². The third-order valence-electron chi connectivity index (χ3n) is 5.58. The highest BCUT2D eigenvalue weighted by Gasteiger charge is 2.18. The third kappa shape index (κ3) is 5.59. The Morgan fingerprint density at radius 3 is 2.42 bits per heavy atom. The van der Waals surface area contributed by atoms with Crippen molar-refractivity contribution in [1.29, 1.82) is 5.26 Å². The van der Waals surface area contributed by atoms with E-state index in [1.54, 1.807) is 13.0 Å². The predicted octanol–water partition coefficient (Wildman–Crippen LogP) is 6.54. The molecule has 1 heterocycles. The minimum atomic E-state index is -0.505. The van der Waals surface area contributed by atoms with Crippen molar-refractivity contribution in [3.63, 3.8) is 0 Å². The summed E-state index contributed by atoms with van der Waals surface area (Å²) in [5.41, 5.74) is 5.70. The topological polar surface area (TPSA) is 109 Å². The number of benzene rings is 3. The van der Waals surface area contributed by atoms with Gasteiger partial charge in [0.15, 0.2) is 0 Å². The molecule has 8 heteroatoms. The first-order chi connectivity index (χ1) is 17.4. The molecule has 4 aromatic rings. The lowest BCUT2D eigenvalue weighted by molar-refractivity contribution is -0.384. The molecule has 0 aliphatic rings. The lowest BCUT2D eigenvalue weighted by Gasteiger charge is -2.13. The molecule has 0 spiro atoms. The van der Waals surface area contributed by atoms with E-state index in [1.165, 1.54) is 12.1 Å². The number of hydrogen-bond donors (Lipinski definition) is 1. The van der Waals surface area contributed by atoms with E-state index in [0.29, 0.717) is 27.5 Å². The lowest BCUT2D eigenvalue weighted by Crippen LogP contribution is -2.15. The molecule has 0 atom stereocenters. The van der Waals surface area contributed by atoms with Crippen LogP contribution < -0.4 is 5.32 Å². The van der Waals surface area contributed by atoms with Crippen molar-refractivity contribution >= 4 is 29.0 Å². The Bertz CT molecular complexity index is 1480. The number of nitro groups is 1. The number of hydrogen-bond acceptors (Lipinski definition) is 6. The van der Waals surface area contributed by atoms with E-state index < -0.39 is 4.92 Å². The number of carbonyl (C=O) groups is 1. The Labute approximate surface area is 213 Å². The number of anilines is 1. The summed E-state index contributed by atoms with van der Waals surface area (Å²) in [5, 5.41) is 24.3. The van der Waals surface area contributed by atoms with Crippen LogP contribution in [0.15, 0.2) is 83.9 Å². The Morgan fingerprint density at radius 1 is 1.03 bits per heavy atom. The van der Waals surface area contributed by atoms with Gasteiger partial charge >= 0.3 is 0 Å². The largest absolute Gasteiger partial charge is 0.325 e. The molecule has 7 nitrogen and oxygen atoms in total. The molecule has 0 aliphatic carbocycles. The lowest BCUT2D eigenvalue weighted by atomic mass is 9.98. The molecule has 0 radical (unpaired) electrons. The first-order valence-electron chi connectivity index (χ1n) is 11.1. The smallest absolute Gasteiger partial charge is 0.271 e. The average molecular weight is 495 g/mol. The zero-order chi connectivity index (χ0) is 25.7. The van der Waals surface area contributed by atoms with Crippen LogP contribution in [0.4, 0.5) is 11.4 Å². The molecule has 0 bridgehead atoms. The van der Waals surface area contributed by atoms with Crippen molar-refractivity contribution < 1.29 is 9.72 Å². The molecular formula is C28H22N4O3S. The van der Waals surface area contributed by atoms with E-state index >= 15 is 0 Å². The van der Waals surface area contributed by atoms with Crippen molar-refractivity contribution in [2.45, 2.75) is 18.9 Å². The van der Waals surface area contributed by atoms with Crippen LogP contribution in [0.3, 0.4) is 0 Å². The molecule has 36 heavy (non-hydrogen) atoms. The predicted molar refractivity (Wildman–Crippen MR) is 142 cm³/mol. The normalized spacial score (nSPS) is 10.5. The Morgan fingerprint density at radius 2 is 1.75 bits per heavy atom. The number of nitriles is 1. The average Bonchev–Trinajstić information content (AvgIpc) is 2.89. The number of aromatic nitrogens is 1. The van der Waals surface area contributed by atoms with Gasteiger partial charge in [0.05, 0.1) is 27.6 Å². The summed E-state index contributed by atoms with van der Waals surface area (Å²) in [6.07, 6.45) is 0. The van der Waals surface area contributed by atoms with Gasteiger partial charge in [-0.25, -0.2) is 4.98 Å². The number of amides is 1. The van der Waals surface area contributed by atoms with Crippen LogP contribution in [0.1, 0.15) is 16.7 Å². The molecule has 1 amide bonds. The van der Waals surface area contributed by atoms with E-state index in [9.17, 15) is 20.2 Å². The summed E-state index contributed by atoms with van der Waals surface area (Å²) in [4.78, 5) is 28.1. The molecule has 0 unspecified atom stereocenters. The van der Waals surface area contributed by atoms with Crippen molar-refractivity contribution in [2.24, 2.45) is 0 Å². The van der Waals surface area contributed by atoms with Gasteiger partial charge in [0, 0.05) is 23.3 Å². The zero-order valence-electron chi connectivity index (χ0n) is 19.7. The fourth-order valence-corrected chi connectivity index (χ4v) is 4.43. The van der Waals surface area contributed by atoms with Crippen LogP contribution in [0.5, 0.6) is 0 Å². The molecule has 0 aliphatic heterocycles. The van der Waals surface area contributed by atoms with Gasteiger partial charge in [0.25, 0.3) is 5.69 Å². The molecular weight excluding hydrogens is 472 g/mol. The second-order valence-corrected chi connectivity index (χ2v) is 9.14. The summed E-state index contributed by atoms with van der Waals surface area (Å²) in [5.74, 6) is -0.369. The fourth-order valence-electron chi connectivity index (χ4n) is 3.63. The van der Waals surface area contributed by atoms with Gasteiger partial charge in [-0.1, -0.05) is 78.0 Å². The molecule has 0 fully saturated rings. The molecule has 0 saturated carbocycles. The minimum Gasteiger partial charge on any atom is -0.325 e. The molecule has 0 saturated heterocycles. The zero-order valence-corrected chi connectivity index (χ0v) is 20.5. The number of nitrogens with zero attached hydrogens (tertiary/aromatic N) is 3. The number of carbonyl (C=O) groups excluding carboxylic acids is 1. The van der Waals surface area contributed by atoms with Crippen molar-refractivity contribution in [1.82, 2.24) is 4.98 Å². The standard InChI is InChI=1S/C28H22N4O3S/c1-18-8-11-20(12-9-18)23-15-26(21-6-4-3-5-7-21)31-28(24(23)16-29)36-17-27(33)30-25-14-22(32(34)35)13-10-19(25)2/h3-15H,17H2,1-2H3,(H,30,33).